The zero-order valence-corrected chi connectivity index (χ0v) is 23.3. The zero-order chi connectivity index (χ0) is 28.3. The van der Waals surface area contributed by atoms with Crippen molar-refractivity contribution in [1.82, 2.24) is 14.5 Å². The van der Waals surface area contributed by atoms with Crippen LogP contribution in [-0.2, 0) is 0 Å². The first-order chi connectivity index (χ1) is 21.3. The van der Waals surface area contributed by atoms with E-state index in [-0.39, 0.29) is 0 Å². The highest BCUT2D eigenvalue weighted by atomic mass is 15.1. The summed E-state index contributed by atoms with van der Waals surface area (Å²) in [6.45, 7) is 0. The van der Waals surface area contributed by atoms with Gasteiger partial charge < -0.3 is 0 Å². The minimum absolute atomic E-state index is 0.937. The second-order valence-corrected chi connectivity index (χ2v) is 11.0. The number of hydrogen-bond donors (Lipinski definition) is 0. The summed E-state index contributed by atoms with van der Waals surface area (Å²) in [6.07, 6.45) is 2.01. The number of para-hydroxylation sites is 2. The van der Waals surface area contributed by atoms with Gasteiger partial charge in [-0.25, -0.2) is 4.98 Å². The van der Waals surface area contributed by atoms with Gasteiger partial charge in [-0.3, -0.25) is 9.55 Å². The minimum Gasteiger partial charge on any atom is -0.291 e. The number of aromatic nitrogens is 3. The SMILES string of the molecule is c1ccc(-c2cnc(-c3ccc(-c4nc5cccc6c5n4-c4ccccc4-c4ccccc4-6)cc3)c3ccccc23)cc1. The smallest absolute Gasteiger partial charge is 0.145 e. The van der Waals surface area contributed by atoms with Gasteiger partial charge in [0.1, 0.15) is 5.82 Å². The number of imidazole rings is 1. The molecule has 3 heteroatoms. The summed E-state index contributed by atoms with van der Waals surface area (Å²) in [6, 6.07) is 51.5. The molecule has 0 saturated heterocycles. The molecule has 1 aliphatic rings. The van der Waals surface area contributed by atoms with Crippen LogP contribution in [0.15, 0.2) is 152 Å². The quantitative estimate of drug-likeness (QED) is 0.220. The molecule has 0 fully saturated rings. The highest BCUT2D eigenvalue weighted by molar-refractivity contribution is 6.05. The predicted molar refractivity (Wildman–Crippen MR) is 177 cm³/mol. The molecule has 2 aromatic heterocycles. The molecule has 0 N–H and O–H groups in total. The van der Waals surface area contributed by atoms with Crippen LogP contribution in [0.4, 0.5) is 0 Å². The van der Waals surface area contributed by atoms with E-state index in [1.165, 1.54) is 33.2 Å². The monoisotopic (exact) mass is 547 g/mol. The first kappa shape index (κ1) is 23.9. The Bertz CT molecular complexity index is 2330. The van der Waals surface area contributed by atoms with Gasteiger partial charge >= 0.3 is 0 Å². The Hall–Kier alpha value is -5.80. The van der Waals surface area contributed by atoms with Crippen molar-refractivity contribution in [1.29, 1.82) is 0 Å². The third-order valence-electron chi connectivity index (χ3n) is 8.63. The average Bonchev–Trinajstić information content (AvgIpc) is 3.42. The Balaban J connectivity index is 1.22. The Kier molecular flexibility index (Phi) is 5.20. The van der Waals surface area contributed by atoms with Crippen LogP contribution < -0.4 is 0 Å². The van der Waals surface area contributed by atoms with Gasteiger partial charge in [0, 0.05) is 39.4 Å². The van der Waals surface area contributed by atoms with Gasteiger partial charge in [-0.05, 0) is 34.2 Å². The fourth-order valence-corrected chi connectivity index (χ4v) is 6.67. The maximum atomic E-state index is 5.21. The number of nitrogens with zero attached hydrogens (tertiary/aromatic N) is 3. The van der Waals surface area contributed by atoms with Gasteiger partial charge in [-0.2, -0.15) is 0 Å². The second-order valence-electron chi connectivity index (χ2n) is 11.0. The van der Waals surface area contributed by atoms with Gasteiger partial charge in [0.15, 0.2) is 0 Å². The van der Waals surface area contributed by atoms with Crippen LogP contribution >= 0.6 is 0 Å². The Morgan fingerprint density at radius 2 is 1.05 bits per heavy atom. The standard InChI is InChI=1S/C40H25N3/c1-2-11-26(12-3-1)35-25-41-38(33-17-7-6-15-31(33)35)27-21-23-28(24-22-27)40-42-36-19-10-18-34-30-14-5-4-13-29(30)32-16-8-9-20-37(32)43(40)39(34)36/h1-25H. The molecule has 0 atom stereocenters. The van der Waals surface area contributed by atoms with Crippen LogP contribution in [0, 0.1) is 0 Å². The van der Waals surface area contributed by atoms with E-state index in [1.807, 2.05) is 12.3 Å². The van der Waals surface area contributed by atoms with Crippen LogP contribution in [0.5, 0.6) is 0 Å². The molecule has 0 saturated carbocycles. The lowest BCUT2D eigenvalue weighted by Crippen LogP contribution is -1.99. The van der Waals surface area contributed by atoms with Crippen LogP contribution in [0.3, 0.4) is 0 Å². The summed E-state index contributed by atoms with van der Waals surface area (Å²) in [5.41, 5.74) is 13.6. The predicted octanol–water partition coefficient (Wildman–Crippen LogP) is 10.2. The molecule has 0 radical (unpaired) electrons. The average molecular weight is 548 g/mol. The normalized spacial score (nSPS) is 11.7. The Morgan fingerprint density at radius 1 is 0.419 bits per heavy atom. The third-order valence-corrected chi connectivity index (χ3v) is 8.63. The lowest BCUT2D eigenvalue weighted by Gasteiger charge is -2.14. The summed E-state index contributed by atoms with van der Waals surface area (Å²) < 4.78 is 2.34. The fourth-order valence-electron chi connectivity index (χ4n) is 6.67. The van der Waals surface area contributed by atoms with Gasteiger partial charge in [-0.15, -0.1) is 0 Å². The molecule has 0 bridgehead atoms. The lowest BCUT2D eigenvalue weighted by molar-refractivity contribution is 1.11. The molecule has 1 aliphatic heterocycles. The van der Waals surface area contributed by atoms with Crippen molar-refractivity contribution in [2.45, 2.75) is 0 Å². The van der Waals surface area contributed by atoms with Crippen molar-refractivity contribution in [3.63, 3.8) is 0 Å². The summed E-state index contributed by atoms with van der Waals surface area (Å²) in [5.74, 6) is 0.937. The number of fused-ring (bicyclic) bond motifs is 6. The van der Waals surface area contributed by atoms with Crippen molar-refractivity contribution >= 4 is 21.8 Å². The van der Waals surface area contributed by atoms with E-state index in [0.29, 0.717) is 0 Å². The molecule has 8 aromatic rings. The molecule has 3 heterocycles. The van der Waals surface area contributed by atoms with Crippen molar-refractivity contribution in [3.8, 4) is 61.7 Å². The minimum atomic E-state index is 0.937. The van der Waals surface area contributed by atoms with E-state index >= 15 is 0 Å². The van der Waals surface area contributed by atoms with E-state index in [9.17, 15) is 0 Å². The summed E-state index contributed by atoms with van der Waals surface area (Å²) in [4.78, 5) is 10.2. The molecular formula is C40H25N3. The molecule has 0 spiro atoms. The summed E-state index contributed by atoms with van der Waals surface area (Å²) in [7, 11) is 0. The van der Waals surface area contributed by atoms with E-state index in [2.05, 4.69) is 144 Å². The van der Waals surface area contributed by atoms with Gasteiger partial charge in [-0.1, -0.05) is 133 Å². The van der Waals surface area contributed by atoms with Crippen LogP contribution in [0.25, 0.3) is 83.5 Å². The van der Waals surface area contributed by atoms with E-state index in [1.54, 1.807) is 0 Å². The summed E-state index contributed by atoms with van der Waals surface area (Å²) in [5, 5.41) is 2.35. The maximum Gasteiger partial charge on any atom is 0.145 e. The van der Waals surface area contributed by atoms with Crippen LogP contribution in [-0.4, -0.2) is 14.5 Å². The molecule has 6 aromatic carbocycles. The van der Waals surface area contributed by atoms with Crippen molar-refractivity contribution in [2.24, 2.45) is 0 Å². The number of rotatable bonds is 3. The zero-order valence-electron chi connectivity index (χ0n) is 23.3. The molecule has 0 amide bonds. The molecule has 0 aliphatic carbocycles. The van der Waals surface area contributed by atoms with Crippen molar-refractivity contribution < 1.29 is 0 Å². The van der Waals surface area contributed by atoms with Gasteiger partial charge in [0.25, 0.3) is 0 Å². The summed E-state index contributed by atoms with van der Waals surface area (Å²) >= 11 is 0. The Labute approximate surface area is 249 Å². The third kappa shape index (κ3) is 3.62. The molecule has 200 valence electrons. The highest BCUT2D eigenvalue weighted by Gasteiger charge is 2.25. The van der Waals surface area contributed by atoms with Crippen molar-refractivity contribution in [2.75, 3.05) is 0 Å². The first-order valence-corrected chi connectivity index (χ1v) is 14.6. The molecule has 0 unspecified atom stereocenters. The topological polar surface area (TPSA) is 30.7 Å². The maximum absolute atomic E-state index is 5.21. The van der Waals surface area contributed by atoms with E-state index < -0.39 is 0 Å². The molecule has 9 rings (SSSR count). The second kappa shape index (κ2) is 9.37. The number of hydrogen-bond acceptors (Lipinski definition) is 2. The fraction of sp³-hybridized carbons (Fsp3) is 0. The van der Waals surface area contributed by atoms with E-state index in [4.69, 9.17) is 9.97 Å². The van der Waals surface area contributed by atoms with E-state index in [0.717, 1.165) is 50.3 Å². The molecule has 43 heavy (non-hydrogen) atoms. The van der Waals surface area contributed by atoms with Gasteiger partial charge in [0.2, 0.25) is 0 Å². The largest absolute Gasteiger partial charge is 0.291 e. The number of benzene rings is 6. The highest BCUT2D eigenvalue weighted by Crippen LogP contribution is 2.45. The molecule has 3 nitrogen and oxygen atoms in total. The lowest BCUT2D eigenvalue weighted by atomic mass is 9.94. The molecular weight excluding hydrogens is 522 g/mol. The Morgan fingerprint density at radius 3 is 1.86 bits per heavy atom. The van der Waals surface area contributed by atoms with Gasteiger partial charge in [0.05, 0.1) is 22.4 Å². The number of pyridine rings is 1. The van der Waals surface area contributed by atoms with Crippen LogP contribution in [0.2, 0.25) is 0 Å². The van der Waals surface area contributed by atoms with Crippen molar-refractivity contribution in [3.05, 3.63) is 152 Å². The first-order valence-electron chi connectivity index (χ1n) is 14.6. The van der Waals surface area contributed by atoms with Crippen LogP contribution in [0.1, 0.15) is 0 Å².